The number of carbonyl (C=O) groups is 2. The number of methoxy groups -OCH3 is 1. The average Bonchev–Trinajstić information content (AvgIpc) is 2.96. The molecular weight excluding hydrogens is 538 g/mol. The molecule has 0 aliphatic heterocycles. The van der Waals surface area contributed by atoms with Gasteiger partial charge < -0.3 is 15.0 Å². The molecule has 2 amide bonds. The van der Waals surface area contributed by atoms with E-state index in [0.717, 1.165) is 33.8 Å². The highest BCUT2D eigenvalue weighted by molar-refractivity contribution is 7.92. The fourth-order valence-electron chi connectivity index (χ4n) is 4.70. The molecule has 0 unspecified atom stereocenters. The van der Waals surface area contributed by atoms with Crippen molar-refractivity contribution in [3.8, 4) is 5.75 Å². The van der Waals surface area contributed by atoms with Crippen molar-refractivity contribution >= 4 is 27.5 Å². The fourth-order valence-corrected chi connectivity index (χ4v) is 6.12. The van der Waals surface area contributed by atoms with Crippen LogP contribution in [0.3, 0.4) is 0 Å². The van der Waals surface area contributed by atoms with Crippen LogP contribution in [0, 0.1) is 13.8 Å². The van der Waals surface area contributed by atoms with Gasteiger partial charge in [-0.3, -0.25) is 13.9 Å². The molecule has 1 N–H and O–H groups in total. The monoisotopic (exact) mass is 579 g/mol. The van der Waals surface area contributed by atoms with Gasteiger partial charge in [0.05, 0.1) is 17.7 Å². The highest BCUT2D eigenvalue weighted by Crippen LogP contribution is 2.27. The summed E-state index contributed by atoms with van der Waals surface area (Å²) in [5.41, 5.74) is 2.93. The molecule has 0 aliphatic carbocycles. The van der Waals surface area contributed by atoms with Crippen LogP contribution in [0.2, 0.25) is 0 Å². The highest BCUT2D eigenvalue weighted by atomic mass is 32.2. The summed E-state index contributed by atoms with van der Waals surface area (Å²) in [6.07, 6.45) is 2.12. The Morgan fingerprint density at radius 3 is 2.12 bits per heavy atom. The number of hydrogen-bond donors (Lipinski definition) is 1. The van der Waals surface area contributed by atoms with Gasteiger partial charge in [-0.1, -0.05) is 56.7 Å². The zero-order chi connectivity index (χ0) is 30.0. The molecule has 3 aromatic carbocycles. The molecule has 41 heavy (non-hydrogen) atoms. The number of hydrogen-bond acceptors (Lipinski definition) is 5. The van der Waals surface area contributed by atoms with Crippen LogP contribution in [0.25, 0.3) is 0 Å². The summed E-state index contributed by atoms with van der Waals surface area (Å²) in [6, 6.07) is 20.0. The van der Waals surface area contributed by atoms with Crippen molar-refractivity contribution in [3.05, 3.63) is 89.5 Å². The van der Waals surface area contributed by atoms with Crippen LogP contribution in [0.4, 0.5) is 5.69 Å². The van der Waals surface area contributed by atoms with Crippen molar-refractivity contribution < 1.29 is 22.7 Å². The Morgan fingerprint density at radius 2 is 1.56 bits per heavy atom. The van der Waals surface area contributed by atoms with Gasteiger partial charge in [0.2, 0.25) is 11.8 Å². The summed E-state index contributed by atoms with van der Waals surface area (Å²) in [5, 5.41) is 2.95. The molecule has 0 spiro atoms. The van der Waals surface area contributed by atoms with E-state index in [1.807, 2.05) is 45.9 Å². The molecule has 3 aromatic rings. The molecule has 0 aromatic heterocycles. The van der Waals surface area contributed by atoms with E-state index in [4.69, 9.17) is 4.74 Å². The van der Waals surface area contributed by atoms with Gasteiger partial charge in [-0.05, 0) is 79.8 Å². The molecule has 0 saturated heterocycles. The summed E-state index contributed by atoms with van der Waals surface area (Å²) in [7, 11) is -2.52. The van der Waals surface area contributed by atoms with Gasteiger partial charge in [0.25, 0.3) is 10.0 Å². The number of sulfonamides is 1. The molecular formula is C32H41N3O5S. The molecule has 9 heteroatoms. The summed E-state index contributed by atoms with van der Waals surface area (Å²) >= 11 is 0. The van der Waals surface area contributed by atoms with Gasteiger partial charge in [0, 0.05) is 13.1 Å². The van der Waals surface area contributed by atoms with Crippen molar-refractivity contribution in [2.75, 3.05) is 24.5 Å². The van der Waals surface area contributed by atoms with Gasteiger partial charge >= 0.3 is 0 Å². The molecule has 0 aliphatic rings. The number of ether oxygens (including phenoxy) is 1. The van der Waals surface area contributed by atoms with E-state index in [2.05, 4.69) is 5.32 Å². The molecule has 8 nitrogen and oxygen atoms in total. The maximum atomic E-state index is 14.2. The number of amides is 2. The minimum absolute atomic E-state index is 0.0815. The number of nitrogens with one attached hydrogen (secondary N) is 1. The first-order chi connectivity index (χ1) is 19.6. The van der Waals surface area contributed by atoms with E-state index < -0.39 is 28.5 Å². The summed E-state index contributed by atoms with van der Waals surface area (Å²) in [6.45, 7) is 7.83. The fraction of sp³-hybridized carbons (Fsp3) is 0.375. The van der Waals surface area contributed by atoms with E-state index in [0.29, 0.717) is 24.4 Å². The maximum Gasteiger partial charge on any atom is 0.264 e. The summed E-state index contributed by atoms with van der Waals surface area (Å²) in [5.74, 6) is -0.0606. The average molecular weight is 580 g/mol. The first kappa shape index (κ1) is 31.7. The largest absolute Gasteiger partial charge is 0.497 e. The zero-order valence-corrected chi connectivity index (χ0v) is 25.4. The normalized spacial score (nSPS) is 11.9. The van der Waals surface area contributed by atoms with Crippen LogP contribution in [0.15, 0.2) is 77.7 Å². The van der Waals surface area contributed by atoms with E-state index in [9.17, 15) is 18.0 Å². The van der Waals surface area contributed by atoms with Crippen LogP contribution in [-0.4, -0.2) is 51.4 Å². The number of unbranched alkanes of at least 4 members (excludes halogenated alkanes) is 1. The maximum absolute atomic E-state index is 14.2. The number of nitrogens with zero attached hydrogens (tertiary/aromatic N) is 2. The quantitative estimate of drug-likeness (QED) is 0.264. The number of carbonyl (C=O) groups excluding carboxylic acids is 2. The summed E-state index contributed by atoms with van der Waals surface area (Å²) in [4.78, 5) is 29.0. The van der Waals surface area contributed by atoms with Crippen molar-refractivity contribution in [2.24, 2.45) is 0 Å². The Balaban J connectivity index is 2.05. The number of aryl methyl sites for hydroxylation is 2. The second-order valence-corrected chi connectivity index (χ2v) is 12.0. The van der Waals surface area contributed by atoms with Crippen LogP contribution < -0.4 is 14.4 Å². The molecule has 220 valence electrons. The van der Waals surface area contributed by atoms with Crippen LogP contribution in [-0.2, 0) is 26.2 Å². The standard InChI is InChI=1S/C32H41N3O5S/c1-6-8-18-33-32(37)30(7-2)34(22-26-14-16-28(40-5)17-15-26)31(36)23-35(27-20-24(3)19-25(4)21-27)41(38,39)29-12-10-9-11-13-29/h9-17,19-21,30H,6-8,18,22-23H2,1-5H3,(H,33,37)/t30-/m0/s1. The molecule has 0 saturated carbocycles. The Labute approximate surface area is 244 Å². The third-order valence-corrected chi connectivity index (χ3v) is 8.62. The lowest BCUT2D eigenvalue weighted by Crippen LogP contribution is -2.52. The summed E-state index contributed by atoms with van der Waals surface area (Å²) < 4.78 is 34.3. The number of rotatable bonds is 14. The zero-order valence-electron chi connectivity index (χ0n) is 24.6. The van der Waals surface area contributed by atoms with Crippen molar-refractivity contribution in [1.29, 1.82) is 0 Å². The second kappa shape index (κ2) is 14.7. The predicted octanol–water partition coefficient (Wildman–Crippen LogP) is 5.23. The Morgan fingerprint density at radius 1 is 0.927 bits per heavy atom. The smallest absolute Gasteiger partial charge is 0.264 e. The van der Waals surface area contributed by atoms with Gasteiger partial charge in [0.15, 0.2) is 0 Å². The number of anilines is 1. The predicted molar refractivity (Wildman–Crippen MR) is 162 cm³/mol. The van der Waals surface area contributed by atoms with E-state index >= 15 is 0 Å². The molecule has 0 fully saturated rings. The van der Waals surface area contributed by atoms with Gasteiger partial charge in [-0.15, -0.1) is 0 Å². The molecule has 0 radical (unpaired) electrons. The van der Waals surface area contributed by atoms with Crippen molar-refractivity contribution in [3.63, 3.8) is 0 Å². The van der Waals surface area contributed by atoms with Gasteiger partial charge in [-0.2, -0.15) is 0 Å². The topological polar surface area (TPSA) is 96.0 Å². The molecule has 0 heterocycles. The first-order valence-corrected chi connectivity index (χ1v) is 15.4. The van der Waals surface area contributed by atoms with E-state index in [1.165, 1.54) is 17.0 Å². The van der Waals surface area contributed by atoms with Crippen LogP contribution >= 0.6 is 0 Å². The van der Waals surface area contributed by atoms with Crippen molar-refractivity contribution in [1.82, 2.24) is 10.2 Å². The third kappa shape index (κ3) is 8.33. The Hall–Kier alpha value is -3.85. The van der Waals surface area contributed by atoms with Crippen LogP contribution in [0.1, 0.15) is 49.8 Å². The van der Waals surface area contributed by atoms with Gasteiger partial charge in [-0.25, -0.2) is 8.42 Å². The minimum atomic E-state index is -4.10. The Bertz CT molecular complexity index is 1390. The first-order valence-electron chi connectivity index (χ1n) is 14.0. The molecule has 0 bridgehead atoms. The molecule has 3 rings (SSSR count). The lowest BCUT2D eigenvalue weighted by Gasteiger charge is -2.33. The van der Waals surface area contributed by atoms with Crippen LogP contribution in [0.5, 0.6) is 5.75 Å². The van der Waals surface area contributed by atoms with Gasteiger partial charge in [0.1, 0.15) is 18.3 Å². The second-order valence-electron chi connectivity index (χ2n) is 10.1. The third-order valence-electron chi connectivity index (χ3n) is 6.83. The minimum Gasteiger partial charge on any atom is -0.497 e. The number of benzene rings is 3. The highest BCUT2D eigenvalue weighted by Gasteiger charge is 2.33. The SMILES string of the molecule is CCCCNC(=O)[C@H](CC)N(Cc1ccc(OC)cc1)C(=O)CN(c1cc(C)cc(C)c1)S(=O)(=O)c1ccccc1. The molecule has 1 atom stereocenters. The lowest BCUT2D eigenvalue weighted by molar-refractivity contribution is -0.140. The van der Waals surface area contributed by atoms with E-state index in [1.54, 1.807) is 49.6 Å². The van der Waals surface area contributed by atoms with E-state index in [-0.39, 0.29) is 17.3 Å². The van der Waals surface area contributed by atoms with Crippen molar-refractivity contribution in [2.45, 2.75) is 64.4 Å². The lowest BCUT2D eigenvalue weighted by atomic mass is 10.1. The Kier molecular flexibility index (Phi) is 11.3.